The second-order valence-corrected chi connectivity index (χ2v) is 2.10. The SMILES string of the molecule is [2H]C([2H])([2H])Cc1nc(C)ccc1O. The number of rotatable bonds is 1. The van der Waals surface area contributed by atoms with Gasteiger partial charge in [0.2, 0.25) is 0 Å². The van der Waals surface area contributed by atoms with Crippen molar-refractivity contribution in [3.63, 3.8) is 0 Å². The van der Waals surface area contributed by atoms with Crippen molar-refractivity contribution in [2.24, 2.45) is 0 Å². The van der Waals surface area contributed by atoms with E-state index in [1.54, 1.807) is 13.0 Å². The van der Waals surface area contributed by atoms with Crippen LogP contribution < -0.4 is 0 Å². The lowest BCUT2D eigenvalue weighted by atomic mass is 10.2. The van der Waals surface area contributed by atoms with Crippen molar-refractivity contribution >= 4 is 0 Å². The number of aryl methyl sites for hydroxylation is 2. The number of hydrogen-bond donors (Lipinski definition) is 1. The minimum absolute atomic E-state index is 0.0540. The van der Waals surface area contributed by atoms with E-state index in [0.717, 1.165) is 0 Å². The van der Waals surface area contributed by atoms with E-state index >= 15 is 0 Å². The first-order chi connectivity index (χ1) is 5.88. The summed E-state index contributed by atoms with van der Waals surface area (Å²) in [5.41, 5.74) is 0.942. The maximum atomic E-state index is 9.29. The van der Waals surface area contributed by atoms with Crippen LogP contribution in [0.5, 0.6) is 5.75 Å². The quantitative estimate of drug-likeness (QED) is 0.643. The molecule has 0 bridgehead atoms. The van der Waals surface area contributed by atoms with Crippen LogP contribution in [0.3, 0.4) is 0 Å². The maximum Gasteiger partial charge on any atom is 0.137 e. The molecule has 0 aliphatic rings. The molecule has 0 radical (unpaired) electrons. The first kappa shape index (κ1) is 3.96. The van der Waals surface area contributed by atoms with Crippen LogP contribution in [0.4, 0.5) is 0 Å². The van der Waals surface area contributed by atoms with Crippen molar-refractivity contribution in [3.05, 3.63) is 23.5 Å². The summed E-state index contributed by atoms with van der Waals surface area (Å²) in [6, 6.07) is 3.10. The Morgan fingerprint density at radius 1 is 1.70 bits per heavy atom. The number of aromatic hydroxyl groups is 1. The molecule has 0 aliphatic heterocycles. The first-order valence-corrected chi connectivity index (χ1v) is 3.04. The third-order valence-electron chi connectivity index (χ3n) is 1.26. The fourth-order valence-electron chi connectivity index (χ4n) is 0.733. The number of aromatic nitrogens is 1. The predicted molar refractivity (Wildman–Crippen MR) is 40.0 cm³/mol. The van der Waals surface area contributed by atoms with Crippen molar-refractivity contribution < 1.29 is 9.22 Å². The minimum atomic E-state index is -2.09. The van der Waals surface area contributed by atoms with Gasteiger partial charge in [0.05, 0.1) is 5.69 Å². The van der Waals surface area contributed by atoms with Crippen molar-refractivity contribution in [2.75, 3.05) is 0 Å². The molecule has 2 heteroatoms. The Morgan fingerprint density at radius 3 is 3.20 bits per heavy atom. The van der Waals surface area contributed by atoms with Crippen LogP contribution in [0, 0.1) is 6.92 Å². The summed E-state index contributed by atoms with van der Waals surface area (Å²) in [5, 5.41) is 9.29. The second-order valence-electron chi connectivity index (χ2n) is 2.10. The van der Waals surface area contributed by atoms with E-state index in [4.69, 9.17) is 4.11 Å². The Kier molecular flexibility index (Phi) is 1.07. The molecule has 1 N–H and O–H groups in total. The van der Waals surface area contributed by atoms with Gasteiger partial charge in [-0.1, -0.05) is 6.85 Å². The second kappa shape index (κ2) is 2.69. The molecule has 0 saturated carbocycles. The van der Waals surface area contributed by atoms with E-state index < -0.39 is 6.85 Å². The number of pyridine rings is 1. The lowest BCUT2D eigenvalue weighted by Crippen LogP contribution is -1.89. The summed E-state index contributed by atoms with van der Waals surface area (Å²) >= 11 is 0. The Morgan fingerprint density at radius 2 is 2.50 bits per heavy atom. The minimum Gasteiger partial charge on any atom is -0.506 e. The van der Waals surface area contributed by atoms with Crippen LogP contribution in [0.2, 0.25) is 0 Å². The molecule has 54 valence electrons. The molecule has 0 aliphatic carbocycles. The van der Waals surface area contributed by atoms with Crippen molar-refractivity contribution in [2.45, 2.75) is 20.2 Å². The first-order valence-electron chi connectivity index (χ1n) is 4.54. The maximum absolute atomic E-state index is 9.29. The molecule has 1 aromatic heterocycles. The Hall–Kier alpha value is -1.05. The summed E-state index contributed by atoms with van der Waals surface area (Å²) < 4.78 is 21.1. The van der Waals surface area contributed by atoms with E-state index in [1.165, 1.54) is 6.07 Å². The molecular formula is C8H11NO. The van der Waals surface area contributed by atoms with Crippen LogP contribution in [0.1, 0.15) is 22.4 Å². The van der Waals surface area contributed by atoms with E-state index in [9.17, 15) is 5.11 Å². The van der Waals surface area contributed by atoms with Crippen LogP contribution in [-0.2, 0) is 6.42 Å². The zero-order valence-electron chi connectivity index (χ0n) is 8.76. The average Bonchev–Trinajstić information content (AvgIpc) is 1.94. The molecule has 0 spiro atoms. The summed E-state index contributed by atoms with van der Waals surface area (Å²) in [5.74, 6) is -0.0540. The smallest absolute Gasteiger partial charge is 0.137 e. The van der Waals surface area contributed by atoms with Gasteiger partial charge >= 0.3 is 0 Å². The molecule has 1 aromatic rings. The van der Waals surface area contributed by atoms with Gasteiger partial charge in [0, 0.05) is 9.81 Å². The molecule has 0 atom stereocenters. The predicted octanol–water partition coefficient (Wildman–Crippen LogP) is 1.66. The highest BCUT2D eigenvalue weighted by Gasteiger charge is 1.97. The Labute approximate surface area is 64.8 Å². The molecule has 1 heterocycles. The van der Waals surface area contributed by atoms with Crippen LogP contribution in [0.15, 0.2) is 12.1 Å². The van der Waals surface area contributed by atoms with Gasteiger partial charge < -0.3 is 5.11 Å². The lowest BCUT2D eigenvalue weighted by Gasteiger charge is -1.99. The summed E-state index contributed by atoms with van der Waals surface area (Å²) in [7, 11) is 0. The summed E-state index contributed by atoms with van der Waals surface area (Å²) in [6.45, 7) is -0.333. The van der Waals surface area contributed by atoms with Gasteiger partial charge in [0.25, 0.3) is 0 Å². The Bertz CT molecular complexity index is 309. The van der Waals surface area contributed by atoms with Gasteiger partial charge in [-0.15, -0.1) is 0 Å². The number of nitrogens with zero attached hydrogens (tertiary/aromatic N) is 1. The topological polar surface area (TPSA) is 33.1 Å². The molecule has 0 unspecified atom stereocenters. The summed E-state index contributed by atoms with van der Waals surface area (Å²) in [4.78, 5) is 3.95. The molecule has 0 amide bonds. The molecule has 0 aromatic carbocycles. The third kappa shape index (κ3) is 1.26. The van der Waals surface area contributed by atoms with Crippen molar-refractivity contribution in [3.8, 4) is 5.75 Å². The molecule has 1 rings (SSSR count). The third-order valence-corrected chi connectivity index (χ3v) is 1.26. The highest BCUT2D eigenvalue weighted by molar-refractivity contribution is 5.27. The fourth-order valence-corrected chi connectivity index (χ4v) is 0.733. The van der Waals surface area contributed by atoms with Crippen LogP contribution in [-0.4, -0.2) is 10.1 Å². The van der Waals surface area contributed by atoms with Crippen molar-refractivity contribution in [1.82, 2.24) is 4.98 Å². The van der Waals surface area contributed by atoms with Crippen LogP contribution in [0.25, 0.3) is 0 Å². The zero-order valence-corrected chi connectivity index (χ0v) is 5.76. The van der Waals surface area contributed by atoms with Gasteiger partial charge in [-0.05, 0) is 25.5 Å². The van der Waals surface area contributed by atoms with Gasteiger partial charge in [-0.3, -0.25) is 4.98 Å². The van der Waals surface area contributed by atoms with Crippen molar-refractivity contribution in [1.29, 1.82) is 0 Å². The zero-order chi connectivity index (χ0) is 10.1. The van der Waals surface area contributed by atoms with E-state index in [2.05, 4.69) is 4.98 Å². The fraction of sp³-hybridized carbons (Fsp3) is 0.375. The van der Waals surface area contributed by atoms with Gasteiger partial charge in [0.1, 0.15) is 5.75 Å². The van der Waals surface area contributed by atoms with E-state index in [0.29, 0.717) is 5.69 Å². The normalized spacial score (nSPS) is 15.5. The average molecular weight is 140 g/mol. The molecule has 10 heavy (non-hydrogen) atoms. The Balaban J connectivity index is 2.94. The molecule has 2 nitrogen and oxygen atoms in total. The molecule has 0 saturated heterocycles. The highest BCUT2D eigenvalue weighted by Crippen LogP contribution is 2.14. The van der Waals surface area contributed by atoms with Gasteiger partial charge in [-0.25, -0.2) is 0 Å². The van der Waals surface area contributed by atoms with E-state index in [-0.39, 0.29) is 17.9 Å². The largest absolute Gasteiger partial charge is 0.506 e. The number of hydrogen-bond acceptors (Lipinski definition) is 2. The molecule has 0 fully saturated rings. The van der Waals surface area contributed by atoms with Gasteiger partial charge in [0.15, 0.2) is 0 Å². The monoisotopic (exact) mass is 140 g/mol. The van der Waals surface area contributed by atoms with Gasteiger partial charge in [-0.2, -0.15) is 0 Å². The highest BCUT2D eigenvalue weighted by atomic mass is 16.3. The standard InChI is InChI=1S/C8H11NO/c1-3-7-8(10)5-4-6(2)9-7/h4-5,10H,3H2,1-2H3/i1D3. The van der Waals surface area contributed by atoms with Crippen LogP contribution >= 0.6 is 0 Å². The molecular weight excluding hydrogens is 126 g/mol. The summed E-state index contributed by atoms with van der Waals surface area (Å²) in [6.07, 6.45) is -0.194. The van der Waals surface area contributed by atoms with E-state index in [1.807, 2.05) is 0 Å². The lowest BCUT2D eigenvalue weighted by molar-refractivity contribution is 0.464.